The van der Waals surface area contributed by atoms with Crippen LogP contribution in [-0.2, 0) is 6.42 Å². The summed E-state index contributed by atoms with van der Waals surface area (Å²) < 4.78 is 0. The normalized spacial score (nSPS) is 13.8. The molecule has 0 spiro atoms. The fourth-order valence-corrected chi connectivity index (χ4v) is 2.51. The van der Waals surface area contributed by atoms with Crippen molar-refractivity contribution >= 4 is 11.6 Å². The van der Waals surface area contributed by atoms with Crippen LogP contribution in [0.1, 0.15) is 55.7 Å². The average molecular weight is 226 g/mol. The maximum atomic E-state index is 4.16. The zero-order chi connectivity index (χ0) is 12.1. The fourth-order valence-electron chi connectivity index (χ4n) is 2.51. The highest BCUT2D eigenvalue weighted by atomic mass is 14.2. The zero-order valence-electron chi connectivity index (χ0n) is 10.8. The third-order valence-electron chi connectivity index (χ3n) is 3.53. The predicted octanol–water partition coefficient (Wildman–Crippen LogP) is 5.24. The summed E-state index contributed by atoms with van der Waals surface area (Å²) in [7, 11) is 0. The Balaban J connectivity index is 2.11. The molecule has 0 heteroatoms. The van der Waals surface area contributed by atoms with Gasteiger partial charge in [-0.1, -0.05) is 63.1 Å². The molecule has 1 aliphatic rings. The number of aryl methyl sites for hydroxylation is 1. The van der Waals surface area contributed by atoms with Crippen LogP contribution >= 0.6 is 0 Å². The van der Waals surface area contributed by atoms with E-state index in [9.17, 15) is 0 Å². The number of hydrogen-bond donors (Lipinski definition) is 0. The minimum atomic E-state index is 1.01. The van der Waals surface area contributed by atoms with E-state index < -0.39 is 0 Å². The van der Waals surface area contributed by atoms with Gasteiger partial charge in [0.05, 0.1) is 0 Å². The summed E-state index contributed by atoms with van der Waals surface area (Å²) in [6.45, 7) is 6.42. The van der Waals surface area contributed by atoms with Gasteiger partial charge in [0.2, 0.25) is 0 Å². The molecule has 0 atom stereocenters. The lowest BCUT2D eigenvalue weighted by atomic mass is 9.88. The van der Waals surface area contributed by atoms with Crippen molar-refractivity contribution in [1.82, 2.24) is 0 Å². The molecule has 0 bridgehead atoms. The first-order valence-corrected chi connectivity index (χ1v) is 6.79. The molecule has 0 amide bonds. The van der Waals surface area contributed by atoms with Crippen LogP contribution in [0.2, 0.25) is 0 Å². The second-order valence-corrected chi connectivity index (χ2v) is 4.90. The van der Waals surface area contributed by atoms with Crippen LogP contribution in [0.4, 0.5) is 0 Å². The van der Waals surface area contributed by atoms with Gasteiger partial charge in [-0.25, -0.2) is 0 Å². The predicted molar refractivity (Wildman–Crippen MR) is 77.0 cm³/mol. The van der Waals surface area contributed by atoms with Gasteiger partial charge in [0.15, 0.2) is 0 Å². The molecule has 0 aliphatic heterocycles. The summed E-state index contributed by atoms with van der Waals surface area (Å²) in [5.74, 6) is 0. The van der Waals surface area contributed by atoms with Gasteiger partial charge >= 0.3 is 0 Å². The number of rotatable bonds is 5. The summed E-state index contributed by atoms with van der Waals surface area (Å²) in [4.78, 5) is 0. The fraction of sp³-hybridized carbons (Fsp3) is 0.412. The molecular weight excluding hydrogens is 204 g/mol. The minimum Gasteiger partial charge on any atom is -0.0949 e. The van der Waals surface area contributed by atoms with Gasteiger partial charge in [0, 0.05) is 0 Å². The van der Waals surface area contributed by atoms with Crippen LogP contribution in [0.25, 0.3) is 11.6 Å². The molecule has 1 aromatic carbocycles. The average Bonchev–Trinajstić information content (AvgIpc) is 2.36. The van der Waals surface area contributed by atoms with E-state index in [-0.39, 0.29) is 0 Å². The third-order valence-corrected chi connectivity index (χ3v) is 3.53. The largest absolute Gasteiger partial charge is 0.0949 e. The van der Waals surface area contributed by atoms with Crippen molar-refractivity contribution in [3.05, 3.63) is 47.5 Å². The lowest BCUT2D eigenvalue weighted by Crippen LogP contribution is -1.98. The Hall–Kier alpha value is -1.30. The Labute approximate surface area is 105 Å². The Morgan fingerprint density at radius 2 is 2.06 bits per heavy atom. The first-order valence-electron chi connectivity index (χ1n) is 6.79. The molecule has 17 heavy (non-hydrogen) atoms. The van der Waals surface area contributed by atoms with Crippen molar-refractivity contribution < 1.29 is 0 Å². The molecule has 1 aromatic rings. The molecule has 0 aromatic heterocycles. The molecule has 0 radical (unpaired) electrons. The molecule has 0 fully saturated rings. The number of benzene rings is 1. The van der Waals surface area contributed by atoms with Gasteiger partial charge in [-0.05, 0) is 41.5 Å². The Bertz CT molecular complexity index is 424. The number of unbranched alkanes of at least 4 members (excludes halogenated alkanes) is 3. The van der Waals surface area contributed by atoms with E-state index in [4.69, 9.17) is 0 Å². The summed E-state index contributed by atoms with van der Waals surface area (Å²) in [6, 6.07) is 6.66. The molecular formula is C17H22. The van der Waals surface area contributed by atoms with E-state index in [1.165, 1.54) is 54.4 Å². The Kier molecular flexibility index (Phi) is 4.19. The monoisotopic (exact) mass is 226 g/mol. The molecule has 1 aliphatic carbocycles. The molecule has 0 N–H and O–H groups in total. The van der Waals surface area contributed by atoms with Gasteiger partial charge in [-0.3, -0.25) is 0 Å². The summed E-state index contributed by atoms with van der Waals surface area (Å²) >= 11 is 0. The van der Waals surface area contributed by atoms with Gasteiger partial charge in [-0.15, -0.1) is 0 Å². The van der Waals surface area contributed by atoms with Crippen molar-refractivity contribution in [3.63, 3.8) is 0 Å². The number of fused-ring (bicyclic) bond motifs is 1. The lowest BCUT2D eigenvalue weighted by Gasteiger charge is -2.16. The van der Waals surface area contributed by atoms with E-state index in [1.807, 2.05) is 0 Å². The van der Waals surface area contributed by atoms with Gasteiger partial charge in [-0.2, -0.15) is 0 Å². The molecule has 90 valence electrons. The second kappa shape index (κ2) is 5.86. The first kappa shape index (κ1) is 12.2. The van der Waals surface area contributed by atoms with Gasteiger partial charge in [0.1, 0.15) is 0 Å². The lowest BCUT2D eigenvalue weighted by molar-refractivity contribution is 0.666. The Morgan fingerprint density at radius 3 is 2.88 bits per heavy atom. The summed E-state index contributed by atoms with van der Waals surface area (Å²) in [5, 5.41) is 0. The quantitative estimate of drug-likeness (QED) is 0.602. The molecule has 0 saturated carbocycles. The van der Waals surface area contributed by atoms with Crippen LogP contribution in [0.3, 0.4) is 0 Å². The molecule has 0 unspecified atom stereocenters. The van der Waals surface area contributed by atoms with Crippen LogP contribution in [-0.4, -0.2) is 0 Å². The molecule has 0 nitrogen and oxygen atoms in total. The smallest absolute Gasteiger partial charge is 0.00938 e. The van der Waals surface area contributed by atoms with Crippen molar-refractivity contribution in [1.29, 1.82) is 0 Å². The van der Waals surface area contributed by atoms with Gasteiger partial charge < -0.3 is 0 Å². The minimum absolute atomic E-state index is 1.01. The van der Waals surface area contributed by atoms with E-state index in [0.29, 0.717) is 0 Å². The van der Waals surface area contributed by atoms with Crippen LogP contribution < -0.4 is 0 Å². The van der Waals surface area contributed by atoms with Crippen molar-refractivity contribution in [2.24, 2.45) is 0 Å². The Morgan fingerprint density at radius 1 is 1.18 bits per heavy atom. The summed E-state index contributed by atoms with van der Waals surface area (Å²) in [5.41, 5.74) is 5.54. The van der Waals surface area contributed by atoms with Crippen LogP contribution in [0, 0.1) is 0 Å². The highest BCUT2D eigenvalue weighted by Crippen LogP contribution is 2.30. The molecule has 2 rings (SSSR count). The van der Waals surface area contributed by atoms with E-state index in [0.717, 1.165) is 6.42 Å². The van der Waals surface area contributed by atoms with Crippen LogP contribution in [0.5, 0.6) is 0 Å². The first-order chi connectivity index (χ1) is 8.33. The van der Waals surface area contributed by atoms with Crippen molar-refractivity contribution in [2.45, 2.75) is 45.4 Å². The third kappa shape index (κ3) is 2.88. The number of hydrogen-bond acceptors (Lipinski definition) is 0. The SMILES string of the molecule is C=C1CC=Cc2c(CCCCCC)cccc21. The van der Waals surface area contributed by atoms with Crippen molar-refractivity contribution in [3.8, 4) is 0 Å². The van der Waals surface area contributed by atoms with Crippen LogP contribution in [0.15, 0.2) is 30.9 Å². The standard InChI is InChI=1S/C17H22/c1-3-4-5-6-10-15-11-8-12-16-14(2)9-7-13-17(15)16/h7-8,11-13H,2-6,9-10H2,1H3. The molecule has 0 saturated heterocycles. The highest BCUT2D eigenvalue weighted by molar-refractivity contribution is 5.79. The van der Waals surface area contributed by atoms with Crippen molar-refractivity contribution in [2.75, 3.05) is 0 Å². The number of allylic oxidation sites excluding steroid dienone is 2. The van der Waals surface area contributed by atoms with Gasteiger partial charge in [0.25, 0.3) is 0 Å². The summed E-state index contributed by atoms with van der Waals surface area (Å²) in [6.07, 6.45) is 12.1. The topological polar surface area (TPSA) is 0 Å². The highest BCUT2D eigenvalue weighted by Gasteiger charge is 2.10. The zero-order valence-corrected chi connectivity index (χ0v) is 10.8. The molecule has 0 heterocycles. The van der Waals surface area contributed by atoms with E-state index in [2.05, 4.69) is 43.9 Å². The van der Waals surface area contributed by atoms with E-state index >= 15 is 0 Å². The maximum Gasteiger partial charge on any atom is -0.00938 e. The second-order valence-electron chi connectivity index (χ2n) is 4.90. The van der Waals surface area contributed by atoms with E-state index in [1.54, 1.807) is 0 Å². The maximum absolute atomic E-state index is 4.16.